The van der Waals surface area contributed by atoms with Crippen molar-refractivity contribution in [2.45, 2.75) is 43.7 Å². The highest BCUT2D eigenvalue weighted by molar-refractivity contribution is 7.89. The predicted octanol–water partition coefficient (Wildman–Crippen LogP) is -0.0300. The Hall–Kier alpha value is -2.30. The number of nitrogens with one attached hydrogen (secondary N) is 3. The normalized spacial score (nSPS) is 19.6. The van der Waals surface area contributed by atoms with E-state index in [4.69, 9.17) is 4.74 Å². The van der Waals surface area contributed by atoms with Gasteiger partial charge in [0.25, 0.3) is 5.91 Å². The summed E-state index contributed by atoms with van der Waals surface area (Å²) >= 11 is 0. The van der Waals surface area contributed by atoms with Crippen LogP contribution in [0.1, 0.15) is 26.7 Å². The van der Waals surface area contributed by atoms with E-state index in [9.17, 15) is 22.8 Å². The molecule has 1 aliphatic rings. The van der Waals surface area contributed by atoms with E-state index >= 15 is 0 Å². The van der Waals surface area contributed by atoms with Gasteiger partial charge >= 0.3 is 0 Å². The largest absolute Gasteiger partial charge is 0.380 e. The van der Waals surface area contributed by atoms with Crippen LogP contribution in [0.5, 0.6) is 0 Å². The van der Waals surface area contributed by atoms with Crippen LogP contribution in [0.3, 0.4) is 0 Å². The number of Topliss-reactive ketones (excluding diaryl/α,β-unsaturated/α-hetero) is 1. The van der Waals surface area contributed by atoms with Crippen LogP contribution in [0.2, 0.25) is 0 Å². The molecule has 0 spiro atoms. The topological polar surface area (TPSA) is 131 Å². The molecule has 2 rings (SSSR count). The Morgan fingerprint density at radius 3 is 2.55 bits per heavy atom. The van der Waals surface area contributed by atoms with Crippen LogP contribution in [-0.4, -0.2) is 57.9 Å². The first-order chi connectivity index (χ1) is 13.7. The van der Waals surface area contributed by atoms with E-state index in [-0.39, 0.29) is 43.4 Å². The zero-order chi connectivity index (χ0) is 21.4. The number of benzene rings is 1. The van der Waals surface area contributed by atoms with Gasteiger partial charge in [-0.1, -0.05) is 32.0 Å². The van der Waals surface area contributed by atoms with Crippen molar-refractivity contribution in [2.24, 2.45) is 5.92 Å². The average Bonchev–Trinajstić information content (AvgIpc) is 2.74. The van der Waals surface area contributed by atoms with Crippen LogP contribution < -0.4 is 15.4 Å². The van der Waals surface area contributed by atoms with E-state index in [2.05, 4.69) is 15.4 Å². The van der Waals surface area contributed by atoms with E-state index in [0.29, 0.717) is 0 Å². The number of hydrogen-bond acceptors (Lipinski definition) is 6. The molecule has 1 saturated heterocycles. The van der Waals surface area contributed by atoms with Crippen LogP contribution in [0, 0.1) is 5.92 Å². The highest BCUT2D eigenvalue weighted by Gasteiger charge is 2.32. The van der Waals surface area contributed by atoms with Gasteiger partial charge in [-0.2, -0.15) is 4.72 Å². The first kappa shape index (κ1) is 23.0. The summed E-state index contributed by atoms with van der Waals surface area (Å²) in [6.45, 7) is 4.37. The summed E-state index contributed by atoms with van der Waals surface area (Å²) < 4.78 is 33.0. The van der Waals surface area contributed by atoms with Crippen molar-refractivity contribution in [3.05, 3.63) is 30.3 Å². The van der Waals surface area contributed by atoms with Crippen molar-refractivity contribution in [1.29, 1.82) is 0 Å². The Kier molecular flexibility index (Phi) is 8.30. The number of ketones is 1. The van der Waals surface area contributed by atoms with Crippen LogP contribution in [0.25, 0.3) is 0 Å². The second-order valence-electron chi connectivity index (χ2n) is 7.20. The molecule has 0 aliphatic carbocycles. The quantitative estimate of drug-likeness (QED) is 0.526. The van der Waals surface area contributed by atoms with Crippen molar-refractivity contribution < 1.29 is 27.5 Å². The lowest BCUT2D eigenvalue weighted by molar-refractivity contribution is -0.140. The van der Waals surface area contributed by atoms with E-state index in [0.717, 1.165) is 0 Å². The van der Waals surface area contributed by atoms with Crippen molar-refractivity contribution in [3.63, 3.8) is 0 Å². The van der Waals surface area contributed by atoms with Crippen molar-refractivity contribution in [2.75, 3.05) is 19.8 Å². The lowest BCUT2D eigenvalue weighted by Gasteiger charge is -2.23. The van der Waals surface area contributed by atoms with E-state index in [1.165, 1.54) is 12.1 Å². The number of rotatable bonds is 7. The number of carbonyl (C=O) groups excluding carboxylic acids is 3. The number of carbonyl (C=O) groups is 3. The van der Waals surface area contributed by atoms with Gasteiger partial charge in [0.15, 0.2) is 0 Å². The lowest BCUT2D eigenvalue weighted by atomic mass is 10.0. The highest BCUT2D eigenvalue weighted by Crippen LogP contribution is 2.13. The monoisotopic (exact) mass is 425 g/mol. The zero-order valence-electron chi connectivity index (χ0n) is 16.5. The van der Waals surface area contributed by atoms with E-state index < -0.39 is 39.7 Å². The molecule has 1 fully saturated rings. The minimum atomic E-state index is -3.93. The molecule has 1 aliphatic heterocycles. The molecule has 0 bridgehead atoms. The maximum absolute atomic E-state index is 12.8. The van der Waals surface area contributed by atoms with Gasteiger partial charge in [-0.25, -0.2) is 8.42 Å². The SMILES string of the molecule is CC(C)CC(NS(=O)(=O)c1ccccc1)C(=O)NC1CCOCCNC(=O)C1=O. The summed E-state index contributed by atoms with van der Waals surface area (Å²) in [6, 6.07) is 5.53. The molecule has 1 heterocycles. The first-order valence-corrected chi connectivity index (χ1v) is 11.0. The summed E-state index contributed by atoms with van der Waals surface area (Å²) in [5.74, 6) is -2.24. The Labute approximate surface area is 170 Å². The van der Waals surface area contributed by atoms with E-state index in [1.54, 1.807) is 18.2 Å². The number of ether oxygens (including phenoxy) is 1. The molecule has 0 radical (unpaired) electrons. The fourth-order valence-corrected chi connectivity index (χ4v) is 4.09. The van der Waals surface area contributed by atoms with Crippen LogP contribution in [0.15, 0.2) is 35.2 Å². The molecule has 2 amide bonds. The second kappa shape index (κ2) is 10.5. The fourth-order valence-electron chi connectivity index (χ4n) is 2.86. The van der Waals surface area contributed by atoms with Crippen molar-refractivity contribution in [1.82, 2.24) is 15.4 Å². The number of sulfonamides is 1. The molecule has 1 aromatic carbocycles. The minimum Gasteiger partial charge on any atom is -0.380 e. The summed E-state index contributed by atoms with van der Waals surface area (Å²) in [4.78, 5) is 37.1. The first-order valence-electron chi connectivity index (χ1n) is 9.48. The molecule has 3 N–H and O–H groups in total. The smallest absolute Gasteiger partial charge is 0.289 e. The predicted molar refractivity (Wildman–Crippen MR) is 105 cm³/mol. The van der Waals surface area contributed by atoms with Gasteiger partial charge in [0.2, 0.25) is 21.7 Å². The third-order valence-electron chi connectivity index (χ3n) is 4.31. The standard InChI is InChI=1S/C19H27N3O6S/c1-13(2)12-16(22-29(26,27)14-6-4-3-5-7-14)18(24)21-15-8-10-28-11-9-20-19(25)17(15)23/h3-7,13,15-16,22H,8-12H2,1-2H3,(H,20,25)(H,21,24). The third kappa shape index (κ3) is 6.91. The summed E-state index contributed by atoms with van der Waals surface area (Å²) in [7, 11) is -3.93. The molecule has 2 atom stereocenters. The summed E-state index contributed by atoms with van der Waals surface area (Å²) in [6.07, 6.45) is 0.347. The fraction of sp³-hybridized carbons (Fsp3) is 0.526. The molecule has 29 heavy (non-hydrogen) atoms. The van der Waals surface area contributed by atoms with Crippen molar-refractivity contribution in [3.8, 4) is 0 Å². The van der Waals surface area contributed by atoms with Gasteiger partial charge in [0.05, 0.1) is 17.5 Å². The van der Waals surface area contributed by atoms with Gasteiger partial charge in [0.1, 0.15) is 6.04 Å². The molecule has 0 aromatic heterocycles. The molecule has 10 heteroatoms. The Balaban J connectivity index is 2.17. The minimum absolute atomic E-state index is 0.00657. The molecule has 2 unspecified atom stereocenters. The highest BCUT2D eigenvalue weighted by atomic mass is 32.2. The molecule has 160 valence electrons. The molecular weight excluding hydrogens is 398 g/mol. The summed E-state index contributed by atoms with van der Waals surface area (Å²) in [5, 5.41) is 4.94. The van der Waals surface area contributed by atoms with Gasteiger partial charge in [-0.05, 0) is 30.9 Å². The summed E-state index contributed by atoms with van der Waals surface area (Å²) in [5.41, 5.74) is 0. The molecule has 9 nitrogen and oxygen atoms in total. The molecule has 0 saturated carbocycles. The lowest BCUT2D eigenvalue weighted by Crippen LogP contribution is -2.54. The van der Waals surface area contributed by atoms with Crippen LogP contribution in [-0.2, 0) is 29.1 Å². The van der Waals surface area contributed by atoms with Gasteiger partial charge < -0.3 is 15.4 Å². The van der Waals surface area contributed by atoms with Gasteiger partial charge in [0, 0.05) is 13.2 Å². The maximum Gasteiger partial charge on any atom is 0.289 e. The molecular formula is C19H27N3O6S. The Bertz CT molecular complexity index is 826. The molecule has 1 aromatic rings. The zero-order valence-corrected chi connectivity index (χ0v) is 17.3. The van der Waals surface area contributed by atoms with Crippen LogP contribution >= 0.6 is 0 Å². The van der Waals surface area contributed by atoms with E-state index in [1.807, 2.05) is 13.8 Å². The number of hydrogen-bond donors (Lipinski definition) is 3. The van der Waals surface area contributed by atoms with Crippen molar-refractivity contribution >= 4 is 27.6 Å². The van der Waals surface area contributed by atoms with Gasteiger partial charge in [-0.15, -0.1) is 0 Å². The van der Waals surface area contributed by atoms with Gasteiger partial charge in [-0.3, -0.25) is 14.4 Å². The Morgan fingerprint density at radius 2 is 1.90 bits per heavy atom. The average molecular weight is 426 g/mol. The maximum atomic E-state index is 12.8. The third-order valence-corrected chi connectivity index (χ3v) is 5.80. The van der Waals surface area contributed by atoms with Crippen LogP contribution in [0.4, 0.5) is 0 Å². The number of amides is 2. The Morgan fingerprint density at radius 1 is 1.21 bits per heavy atom. The second-order valence-corrected chi connectivity index (χ2v) is 8.91.